The smallest absolute Gasteiger partial charge is 0.330 e. The van der Waals surface area contributed by atoms with Crippen LogP contribution in [0.25, 0.3) is 0 Å². The second-order valence-corrected chi connectivity index (χ2v) is 5.38. The van der Waals surface area contributed by atoms with Gasteiger partial charge in [-0.3, -0.25) is 14.3 Å². The van der Waals surface area contributed by atoms with Gasteiger partial charge < -0.3 is 11.1 Å². The van der Waals surface area contributed by atoms with Gasteiger partial charge in [0.2, 0.25) is 0 Å². The Morgan fingerprint density at radius 3 is 2.56 bits per heavy atom. The molecule has 1 aliphatic carbocycles. The van der Waals surface area contributed by atoms with Crippen LogP contribution in [0.15, 0.2) is 9.59 Å². The maximum Gasteiger partial charge on any atom is 0.330 e. The summed E-state index contributed by atoms with van der Waals surface area (Å²) in [5.74, 6) is 0.762. The SMILES string of the molecule is CCn1c(N)c(NC(C)(C)C2CC2)c(=O)[nH]c1=O. The third-order valence-electron chi connectivity index (χ3n) is 3.60. The summed E-state index contributed by atoms with van der Waals surface area (Å²) < 4.78 is 1.35. The van der Waals surface area contributed by atoms with Gasteiger partial charge in [0, 0.05) is 12.1 Å². The lowest BCUT2D eigenvalue weighted by molar-refractivity contribution is 0.493. The Morgan fingerprint density at radius 1 is 1.44 bits per heavy atom. The van der Waals surface area contributed by atoms with E-state index in [4.69, 9.17) is 5.73 Å². The van der Waals surface area contributed by atoms with Crippen LogP contribution in [0.2, 0.25) is 0 Å². The Labute approximate surface area is 105 Å². The fraction of sp³-hybridized carbons (Fsp3) is 0.667. The minimum Gasteiger partial charge on any atom is -0.383 e. The van der Waals surface area contributed by atoms with Crippen LogP contribution in [0.5, 0.6) is 0 Å². The predicted molar refractivity (Wildman–Crippen MR) is 71.8 cm³/mol. The Balaban J connectivity index is 2.44. The molecule has 0 aromatic carbocycles. The van der Waals surface area contributed by atoms with E-state index in [0.29, 0.717) is 18.2 Å². The van der Waals surface area contributed by atoms with Crippen molar-refractivity contribution in [1.82, 2.24) is 9.55 Å². The van der Waals surface area contributed by atoms with Crippen molar-refractivity contribution < 1.29 is 0 Å². The van der Waals surface area contributed by atoms with Crippen LogP contribution in [0.1, 0.15) is 33.6 Å². The van der Waals surface area contributed by atoms with Gasteiger partial charge in [-0.15, -0.1) is 0 Å². The molecule has 1 heterocycles. The van der Waals surface area contributed by atoms with Crippen LogP contribution in [0.4, 0.5) is 11.5 Å². The van der Waals surface area contributed by atoms with Gasteiger partial charge in [-0.25, -0.2) is 4.79 Å². The molecule has 1 aromatic rings. The Bertz CT molecular complexity index is 566. The van der Waals surface area contributed by atoms with Gasteiger partial charge in [-0.05, 0) is 39.5 Å². The summed E-state index contributed by atoms with van der Waals surface area (Å²) in [5, 5.41) is 3.19. The first kappa shape index (κ1) is 12.7. The number of nitrogens with one attached hydrogen (secondary N) is 2. The molecule has 2 rings (SSSR count). The van der Waals surface area contributed by atoms with E-state index in [1.54, 1.807) is 0 Å². The fourth-order valence-corrected chi connectivity index (χ4v) is 2.25. The van der Waals surface area contributed by atoms with Crippen molar-refractivity contribution in [1.29, 1.82) is 0 Å². The molecule has 0 amide bonds. The molecular formula is C12H20N4O2. The van der Waals surface area contributed by atoms with Crippen molar-refractivity contribution >= 4 is 11.5 Å². The highest BCUT2D eigenvalue weighted by Crippen LogP contribution is 2.41. The van der Waals surface area contributed by atoms with E-state index in [2.05, 4.69) is 10.3 Å². The number of anilines is 2. The van der Waals surface area contributed by atoms with Gasteiger partial charge in [0.15, 0.2) is 0 Å². The summed E-state index contributed by atoms with van der Waals surface area (Å²) in [7, 11) is 0. The number of hydrogen-bond acceptors (Lipinski definition) is 4. The van der Waals surface area contributed by atoms with E-state index in [-0.39, 0.29) is 11.4 Å². The molecule has 0 aliphatic heterocycles. The number of nitrogen functional groups attached to an aromatic ring is 1. The molecule has 0 saturated heterocycles. The van der Waals surface area contributed by atoms with Crippen LogP contribution < -0.4 is 22.3 Å². The molecule has 0 radical (unpaired) electrons. The highest BCUT2D eigenvalue weighted by molar-refractivity contribution is 5.61. The summed E-state index contributed by atoms with van der Waals surface area (Å²) in [6.07, 6.45) is 2.32. The summed E-state index contributed by atoms with van der Waals surface area (Å²) in [6.45, 7) is 6.34. The van der Waals surface area contributed by atoms with E-state index in [9.17, 15) is 9.59 Å². The minimum absolute atomic E-state index is 0.183. The molecule has 0 spiro atoms. The van der Waals surface area contributed by atoms with Gasteiger partial charge in [-0.1, -0.05) is 0 Å². The molecule has 0 atom stereocenters. The Morgan fingerprint density at radius 2 is 2.06 bits per heavy atom. The zero-order valence-corrected chi connectivity index (χ0v) is 11.0. The Kier molecular flexibility index (Phi) is 2.96. The molecule has 100 valence electrons. The average molecular weight is 252 g/mol. The van der Waals surface area contributed by atoms with Crippen molar-refractivity contribution in [3.05, 3.63) is 20.8 Å². The minimum atomic E-state index is -0.463. The predicted octanol–water partition coefficient (Wildman–Crippen LogP) is 0.739. The molecule has 6 nitrogen and oxygen atoms in total. The molecule has 18 heavy (non-hydrogen) atoms. The van der Waals surface area contributed by atoms with Gasteiger partial charge in [-0.2, -0.15) is 0 Å². The monoisotopic (exact) mass is 252 g/mol. The number of rotatable bonds is 4. The molecule has 4 N–H and O–H groups in total. The third kappa shape index (κ3) is 2.14. The highest BCUT2D eigenvalue weighted by atomic mass is 16.2. The number of nitrogens with two attached hydrogens (primary N) is 1. The van der Waals surface area contributed by atoms with Crippen molar-refractivity contribution in [3.63, 3.8) is 0 Å². The first-order valence-corrected chi connectivity index (χ1v) is 6.27. The molecule has 1 aromatic heterocycles. The van der Waals surface area contributed by atoms with E-state index in [1.807, 2.05) is 20.8 Å². The molecule has 0 unspecified atom stereocenters. The maximum absolute atomic E-state index is 11.8. The quantitative estimate of drug-likeness (QED) is 0.736. The normalized spacial score (nSPS) is 15.7. The number of hydrogen-bond donors (Lipinski definition) is 3. The fourth-order valence-electron chi connectivity index (χ4n) is 2.25. The first-order chi connectivity index (χ1) is 8.36. The van der Waals surface area contributed by atoms with Gasteiger partial charge in [0.1, 0.15) is 11.5 Å². The second kappa shape index (κ2) is 4.19. The number of aromatic amines is 1. The number of nitrogens with zero attached hydrogens (tertiary/aromatic N) is 1. The lowest BCUT2D eigenvalue weighted by Gasteiger charge is -2.28. The van der Waals surface area contributed by atoms with E-state index < -0.39 is 11.2 Å². The molecule has 1 saturated carbocycles. The summed E-state index contributed by atoms with van der Waals surface area (Å²) >= 11 is 0. The molecular weight excluding hydrogens is 232 g/mol. The zero-order chi connectivity index (χ0) is 13.5. The third-order valence-corrected chi connectivity index (χ3v) is 3.60. The van der Waals surface area contributed by atoms with Crippen molar-refractivity contribution in [3.8, 4) is 0 Å². The van der Waals surface area contributed by atoms with Crippen LogP contribution in [0.3, 0.4) is 0 Å². The largest absolute Gasteiger partial charge is 0.383 e. The molecule has 1 fully saturated rings. The van der Waals surface area contributed by atoms with Crippen molar-refractivity contribution in [2.24, 2.45) is 5.92 Å². The van der Waals surface area contributed by atoms with Crippen LogP contribution in [-0.2, 0) is 6.54 Å². The molecule has 0 bridgehead atoms. The van der Waals surface area contributed by atoms with Crippen molar-refractivity contribution in [2.75, 3.05) is 11.1 Å². The van der Waals surface area contributed by atoms with E-state index >= 15 is 0 Å². The summed E-state index contributed by atoms with van der Waals surface area (Å²) in [6, 6.07) is 0. The average Bonchev–Trinajstić information content (AvgIpc) is 3.08. The van der Waals surface area contributed by atoms with Gasteiger partial charge in [0.05, 0.1) is 0 Å². The number of aromatic nitrogens is 2. The van der Waals surface area contributed by atoms with Crippen LogP contribution in [-0.4, -0.2) is 15.1 Å². The molecule has 1 aliphatic rings. The maximum atomic E-state index is 11.8. The zero-order valence-electron chi connectivity index (χ0n) is 11.0. The lowest BCUT2D eigenvalue weighted by atomic mass is 9.98. The van der Waals surface area contributed by atoms with E-state index in [1.165, 1.54) is 4.57 Å². The highest BCUT2D eigenvalue weighted by Gasteiger charge is 2.38. The van der Waals surface area contributed by atoms with Crippen molar-refractivity contribution in [2.45, 2.75) is 45.7 Å². The lowest BCUT2D eigenvalue weighted by Crippen LogP contribution is -2.40. The topological polar surface area (TPSA) is 92.9 Å². The van der Waals surface area contributed by atoms with Crippen LogP contribution >= 0.6 is 0 Å². The number of H-pyrrole nitrogens is 1. The van der Waals surface area contributed by atoms with Gasteiger partial charge >= 0.3 is 5.69 Å². The Hall–Kier alpha value is -1.72. The van der Waals surface area contributed by atoms with Gasteiger partial charge in [0.25, 0.3) is 5.56 Å². The second-order valence-electron chi connectivity index (χ2n) is 5.38. The standard InChI is InChI=1S/C12H20N4O2/c1-4-16-9(13)8(10(17)14-11(16)18)15-12(2,3)7-5-6-7/h7,15H,4-6,13H2,1-3H3,(H,14,17,18). The molecule has 6 heteroatoms. The summed E-state index contributed by atoms with van der Waals surface area (Å²) in [4.78, 5) is 25.7. The summed E-state index contributed by atoms with van der Waals surface area (Å²) in [5.41, 5.74) is 5.11. The van der Waals surface area contributed by atoms with E-state index in [0.717, 1.165) is 12.8 Å². The first-order valence-electron chi connectivity index (χ1n) is 6.27. The van der Waals surface area contributed by atoms with Crippen LogP contribution in [0, 0.1) is 5.92 Å².